The van der Waals surface area contributed by atoms with Gasteiger partial charge in [0.15, 0.2) is 0 Å². The molecule has 5 nitrogen and oxygen atoms in total. The van der Waals surface area contributed by atoms with E-state index in [4.69, 9.17) is 27.9 Å². The summed E-state index contributed by atoms with van der Waals surface area (Å²) in [5, 5.41) is 4.22. The second-order valence-corrected chi connectivity index (χ2v) is 10.3. The number of nitrogens with zero attached hydrogens (tertiary/aromatic N) is 1. The maximum Gasteiger partial charge on any atom is 0.308 e. The van der Waals surface area contributed by atoms with Crippen LogP contribution in [0.4, 0.5) is 0 Å². The molecule has 1 heterocycles. The molecule has 33 heavy (non-hydrogen) atoms. The van der Waals surface area contributed by atoms with Crippen LogP contribution in [0.3, 0.4) is 0 Å². The van der Waals surface area contributed by atoms with Crippen LogP contribution in [-0.4, -0.2) is 43.0 Å². The molecule has 3 atom stereocenters. The maximum absolute atomic E-state index is 12.9. The summed E-state index contributed by atoms with van der Waals surface area (Å²) in [7, 11) is 2.17. The highest BCUT2D eigenvalue weighted by Gasteiger charge is 2.47. The fraction of sp³-hybridized carbons (Fsp3) is 0.462. The van der Waals surface area contributed by atoms with Gasteiger partial charge in [-0.1, -0.05) is 41.4 Å². The lowest BCUT2D eigenvalue weighted by Crippen LogP contribution is -2.55. The number of amides is 1. The van der Waals surface area contributed by atoms with Gasteiger partial charge in [0, 0.05) is 24.9 Å². The number of nitrogens with one attached hydrogen (secondary N) is 1. The number of ether oxygens (including phenoxy) is 1. The summed E-state index contributed by atoms with van der Waals surface area (Å²) in [5.74, 6) is 0.749. The van der Waals surface area contributed by atoms with Gasteiger partial charge in [-0.2, -0.15) is 0 Å². The first kappa shape index (κ1) is 24.1. The van der Waals surface area contributed by atoms with Crippen molar-refractivity contribution >= 4 is 35.1 Å². The molecule has 2 fully saturated rings. The molecule has 1 saturated carbocycles. The number of piperidine rings is 1. The normalized spacial score (nSPS) is 25.2. The van der Waals surface area contributed by atoms with Crippen molar-refractivity contribution in [3.63, 3.8) is 0 Å². The number of rotatable bonds is 5. The minimum absolute atomic E-state index is 0.00594. The third-order valence-electron chi connectivity index (χ3n) is 7.11. The van der Waals surface area contributed by atoms with Gasteiger partial charge in [-0.25, -0.2) is 0 Å². The Morgan fingerprint density at radius 3 is 2.73 bits per heavy atom. The number of fused-ring (bicyclic) bond motifs is 1. The van der Waals surface area contributed by atoms with Gasteiger partial charge >= 0.3 is 5.97 Å². The van der Waals surface area contributed by atoms with Crippen LogP contribution in [0.15, 0.2) is 42.5 Å². The zero-order valence-corrected chi connectivity index (χ0v) is 20.6. The van der Waals surface area contributed by atoms with Gasteiger partial charge in [-0.3, -0.25) is 9.59 Å². The molecule has 1 N–H and O–H groups in total. The molecule has 2 aromatic carbocycles. The Labute approximate surface area is 205 Å². The Morgan fingerprint density at radius 2 is 1.97 bits per heavy atom. The second-order valence-electron chi connectivity index (χ2n) is 9.46. The van der Waals surface area contributed by atoms with E-state index in [1.54, 1.807) is 12.1 Å². The van der Waals surface area contributed by atoms with E-state index in [9.17, 15) is 9.59 Å². The summed E-state index contributed by atoms with van der Waals surface area (Å²) in [5.41, 5.74) is 1.99. The van der Waals surface area contributed by atoms with Gasteiger partial charge in [-0.05, 0) is 80.6 Å². The fourth-order valence-corrected chi connectivity index (χ4v) is 5.91. The van der Waals surface area contributed by atoms with Crippen LogP contribution in [0.2, 0.25) is 10.0 Å². The Bertz CT molecular complexity index is 1040. The number of hydrogen-bond acceptors (Lipinski definition) is 4. The maximum atomic E-state index is 12.9. The molecule has 2 aromatic rings. The van der Waals surface area contributed by atoms with Crippen LogP contribution in [0.1, 0.15) is 43.7 Å². The molecule has 0 spiro atoms. The second kappa shape index (κ2) is 10.0. The summed E-state index contributed by atoms with van der Waals surface area (Å²) in [6.07, 6.45) is 4.16. The largest absolute Gasteiger partial charge is 0.427 e. The summed E-state index contributed by atoms with van der Waals surface area (Å²) in [6, 6.07) is 13.3. The SMILES string of the molecule is CC(=O)Oc1cccc([C@@]23CCN(C)C[C@H]2CC[C@@H](NC(=O)Cc2ccc(Cl)c(Cl)c2)C3)c1. The van der Waals surface area contributed by atoms with Gasteiger partial charge in [0.05, 0.1) is 16.5 Å². The number of esters is 1. The van der Waals surface area contributed by atoms with Gasteiger partial charge in [0.1, 0.15) is 5.75 Å². The molecule has 1 aliphatic carbocycles. The van der Waals surface area contributed by atoms with E-state index in [1.807, 2.05) is 24.3 Å². The average molecular weight is 489 g/mol. The first-order valence-corrected chi connectivity index (χ1v) is 12.2. The molecule has 4 rings (SSSR count). The fourth-order valence-electron chi connectivity index (χ4n) is 5.59. The molecule has 0 unspecified atom stereocenters. The molecule has 0 radical (unpaired) electrons. The number of likely N-dealkylation sites (tertiary alicyclic amines) is 1. The van der Waals surface area contributed by atoms with E-state index in [0.29, 0.717) is 21.7 Å². The highest BCUT2D eigenvalue weighted by Crippen LogP contribution is 2.49. The topological polar surface area (TPSA) is 58.6 Å². The van der Waals surface area contributed by atoms with Crippen molar-refractivity contribution in [3.05, 3.63) is 63.6 Å². The predicted octanol–water partition coefficient (Wildman–Crippen LogP) is 5.02. The Hall–Kier alpha value is -2.08. The smallest absolute Gasteiger partial charge is 0.308 e. The molecule has 2 aliphatic rings. The first-order chi connectivity index (χ1) is 15.7. The van der Waals surface area contributed by atoms with Gasteiger partial charge in [0.25, 0.3) is 0 Å². The number of carbonyl (C=O) groups is 2. The van der Waals surface area contributed by atoms with Crippen molar-refractivity contribution in [2.75, 3.05) is 20.1 Å². The standard InChI is InChI=1S/C26H30Cl2N2O3/c1-17(31)33-22-5-3-4-19(14-22)26-10-11-30(2)16-20(26)7-8-21(15-26)29-25(32)13-18-6-9-23(27)24(28)12-18/h3-6,9,12,14,20-21H,7-8,10-11,13,15-16H2,1-2H3,(H,29,32)/t20-,21-,26+/m1/s1. The summed E-state index contributed by atoms with van der Waals surface area (Å²) < 4.78 is 5.38. The Balaban J connectivity index is 1.53. The van der Waals surface area contributed by atoms with Gasteiger partial charge < -0.3 is 15.0 Å². The van der Waals surface area contributed by atoms with E-state index in [0.717, 1.165) is 44.3 Å². The number of benzene rings is 2. The molecular weight excluding hydrogens is 459 g/mol. The van der Waals surface area contributed by atoms with Crippen LogP contribution in [0, 0.1) is 5.92 Å². The molecule has 1 amide bonds. The summed E-state index contributed by atoms with van der Waals surface area (Å²) >= 11 is 12.1. The summed E-state index contributed by atoms with van der Waals surface area (Å²) in [6.45, 7) is 3.45. The van der Waals surface area contributed by atoms with Crippen LogP contribution in [0.25, 0.3) is 0 Å². The predicted molar refractivity (Wildman–Crippen MR) is 131 cm³/mol. The lowest BCUT2D eigenvalue weighted by Gasteiger charge is -2.52. The monoisotopic (exact) mass is 488 g/mol. The van der Waals surface area contributed by atoms with Crippen molar-refractivity contribution in [3.8, 4) is 5.75 Å². The molecule has 7 heteroatoms. The highest BCUT2D eigenvalue weighted by molar-refractivity contribution is 6.42. The van der Waals surface area contributed by atoms with E-state index in [-0.39, 0.29) is 29.8 Å². The third kappa shape index (κ3) is 5.53. The van der Waals surface area contributed by atoms with Gasteiger partial charge in [0.2, 0.25) is 5.91 Å². The molecular formula is C26H30Cl2N2O3. The van der Waals surface area contributed by atoms with E-state index in [2.05, 4.69) is 23.3 Å². The Morgan fingerprint density at radius 1 is 1.15 bits per heavy atom. The van der Waals surface area contributed by atoms with Crippen molar-refractivity contribution in [1.82, 2.24) is 10.2 Å². The quantitative estimate of drug-likeness (QED) is 0.474. The van der Waals surface area contributed by atoms with Crippen molar-refractivity contribution in [1.29, 1.82) is 0 Å². The van der Waals surface area contributed by atoms with Crippen molar-refractivity contribution < 1.29 is 14.3 Å². The average Bonchev–Trinajstić information content (AvgIpc) is 2.76. The molecule has 1 saturated heterocycles. The van der Waals surface area contributed by atoms with Crippen molar-refractivity contribution in [2.45, 2.75) is 50.5 Å². The summed E-state index contributed by atoms with van der Waals surface area (Å²) in [4.78, 5) is 26.7. The number of hydrogen-bond donors (Lipinski definition) is 1. The highest BCUT2D eigenvalue weighted by atomic mass is 35.5. The molecule has 0 bridgehead atoms. The van der Waals surface area contributed by atoms with E-state index >= 15 is 0 Å². The third-order valence-corrected chi connectivity index (χ3v) is 7.85. The lowest BCUT2D eigenvalue weighted by atomic mass is 9.58. The number of halogens is 2. The van der Waals surface area contributed by atoms with Crippen LogP contribution in [-0.2, 0) is 21.4 Å². The van der Waals surface area contributed by atoms with Crippen LogP contribution >= 0.6 is 23.2 Å². The minimum atomic E-state index is -0.319. The Kier molecular flexibility index (Phi) is 7.32. The van der Waals surface area contributed by atoms with Crippen LogP contribution in [0.5, 0.6) is 5.75 Å². The minimum Gasteiger partial charge on any atom is -0.427 e. The molecule has 0 aromatic heterocycles. The zero-order valence-electron chi connectivity index (χ0n) is 19.1. The lowest BCUT2D eigenvalue weighted by molar-refractivity contribution is -0.132. The molecule has 176 valence electrons. The molecule has 1 aliphatic heterocycles. The van der Waals surface area contributed by atoms with Crippen molar-refractivity contribution in [2.24, 2.45) is 5.92 Å². The van der Waals surface area contributed by atoms with Crippen LogP contribution < -0.4 is 10.1 Å². The van der Waals surface area contributed by atoms with E-state index in [1.165, 1.54) is 12.5 Å². The zero-order chi connectivity index (χ0) is 23.6. The first-order valence-electron chi connectivity index (χ1n) is 11.5. The number of carbonyl (C=O) groups excluding carboxylic acids is 2. The van der Waals surface area contributed by atoms with Gasteiger partial charge in [-0.15, -0.1) is 0 Å². The van der Waals surface area contributed by atoms with E-state index < -0.39 is 0 Å².